The molecule has 0 aliphatic carbocycles. The summed E-state index contributed by atoms with van der Waals surface area (Å²) in [6.45, 7) is 5.90. The second-order valence-corrected chi connectivity index (χ2v) is 6.92. The molecule has 8 heteroatoms. The Morgan fingerprint density at radius 2 is 2.07 bits per heavy atom. The van der Waals surface area contributed by atoms with Crippen LogP contribution in [0.3, 0.4) is 0 Å². The van der Waals surface area contributed by atoms with Crippen molar-refractivity contribution < 1.29 is 8.78 Å². The SMILES string of the molecule is CCNC(=NCC1CCN(c2ccc(F)c(F)c2)C1)NCCc1ccccn1.I. The maximum Gasteiger partial charge on any atom is 0.191 e. The number of hydrogen-bond donors (Lipinski definition) is 2. The number of benzene rings is 1. The first kappa shape index (κ1) is 23.3. The van der Waals surface area contributed by atoms with Crippen molar-refractivity contribution in [2.75, 3.05) is 37.6 Å². The Kier molecular flexibility index (Phi) is 9.56. The second kappa shape index (κ2) is 11.9. The van der Waals surface area contributed by atoms with E-state index in [0.717, 1.165) is 56.4 Å². The molecule has 29 heavy (non-hydrogen) atoms. The lowest BCUT2D eigenvalue weighted by Crippen LogP contribution is -2.38. The third kappa shape index (κ3) is 7.09. The van der Waals surface area contributed by atoms with Crippen LogP contribution in [0.1, 0.15) is 19.0 Å². The van der Waals surface area contributed by atoms with Gasteiger partial charge in [0.25, 0.3) is 0 Å². The summed E-state index contributed by atoms with van der Waals surface area (Å²) in [6, 6.07) is 9.99. The van der Waals surface area contributed by atoms with Gasteiger partial charge in [0.1, 0.15) is 0 Å². The Bertz CT molecular complexity index is 788. The van der Waals surface area contributed by atoms with E-state index in [4.69, 9.17) is 4.99 Å². The number of anilines is 1. The summed E-state index contributed by atoms with van der Waals surface area (Å²) < 4.78 is 26.6. The fourth-order valence-electron chi connectivity index (χ4n) is 3.32. The minimum Gasteiger partial charge on any atom is -0.371 e. The van der Waals surface area contributed by atoms with Gasteiger partial charge in [-0.2, -0.15) is 0 Å². The van der Waals surface area contributed by atoms with E-state index in [9.17, 15) is 8.78 Å². The molecular formula is C21H28F2IN5. The lowest BCUT2D eigenvalue weighted by molar-refractivity contribution is 0.508. The van der Waals surface area contributed by atoms with Crippen molar-refractivity contribution in [3.63, 3.8) is 0 Å². The zero-order valence-electron chi connectivity index (χ0n) is 16.6. The van der Waals surface area contributed by atoms with Crippen LogP contribution in [0.5, 0.6) is 0 Å². The highest BCUT2D eigenvalue weighted by Gasteiger charge is 2.23. The van der Waals surface area contributed by atoms with Crippen molar-refractivity contribution in [1.82, 2.24) is 15.6 Å². The zero-order chi connectivity index (χ0) is 19.8. The minimum absolute atomic E-state index is 0. The molecule has 0 radical (unpaired) electrons. The number of aliphatic imine (C=N–C) groups is 1. The van der Waals surface area contributed by atoms with Gasteiger partial charge in [0.2, 0.25) is 0 Å². The standard InChI is InChI=1S/C21H27F2N5.HI/c1-2-24-21(26-11-8-17-5-3-4-10-25-17)27-14-16-9-12-28(15-16)18-6-7-19(22)20(23)13-18;/h3-7,10,13,16H,2,8-9,11-12,14-15H2,1H3,(H2,24,26,27);1H. The predicted octanol–water partition coefficient (Wildman–Crippen LogP) is 3.60. The summed E-state index contributed by atoms with van der Waals surface area (Å²) >= 11 is 0. The van der Waals surface area contributed by atoms with E-state index in [0.29, 0.717) is 12.5 Å². The third-order valence-corrected chi connectivity index (χ3v) is 4.81. The average Bonchev–Trinajstić information content (AvgIpc) is 3.18. The molecule has 1 aliphatic rings. The van der Waals surface area contributed by atoms with Gasteiger partial charge in [-0.25, -0.2) is 8.78 Å². The van der Waals surface area contributed by atoms with Gasteiger partial charge in [-0.05, 0) is 43.5 Å². The van der Waals surface area contributed by atoms with Crippen molar-refractivity contribution in [1.29, 1.82) is 0 Å². The maximum atomic E-state index is 13.5. The van der Waals surface area contributed by atoms with E-state index in [2.05, 4.69) is 20.5 Å². The number of nitrogens with zero attached hydrogens (tertiary/aromatic N) is 3. The summed E-state index contributed by atoms with van der Waals surface area (Å²) in [5.74, 6) is -0.425. The number of rotatable bonds is 7. The van der Waals surface area contributed by atoms with Crippen LogP contribution in [0.25, 0.3) is 0 Å². The highest BCUT2D eigenvalue weighted by molar-refractivity contribution is 14.0. The molecule has 1 aromatic carbocycles. The topological polar surface area (TPSA) is 52.6 Å². The van der Waals surface area contributed by atoms with E-state index in [1.54, 1.807) is 12.3 Å². The van der Waals surface area contributed by atoms with Crippen LogP contribution >= 0.6 is 24.0 Å². The number of guanidine groups is 1. The van der Waals surface area contributed by atoms with Gasteiger partial charge in [-0.3, -0.25) is 9.98 Å². The monoisotopic (exact) mass is 515 g/mol. The van der Waals surface area contributed by atoms with E-state index >= 15 is 0 Å². The molecule has 1 aliphatic heterocycles. The largest absolute Gasteiger partial charge is 0.371 e. The summed E-state index contributed by atoms with van der Waals surface area (Å²) in [6.07, 6.45) is 3.61. The van der Waals surface area contributed by atoms with E-state index < -0.39 is 11.6 Å². The molecule has 0 spiro atoms. The van der Waals surface area contributed by atoms with E-state index in [-0.39, 0.29) is 24.0 Å². The van der Waals surface area contributed by atoms with Gasteiger partial charge >= 0.3 is 0 Å². The fourth-order valence-corrected chi connectivity index (χ4v) is 3.32. The molecule has 0 bridgehead atoms. The number of nitrogens with one attached hydrogen (secondary N) is 2. The average molecular weight is 515 g/mol. The van der Waals surface area contributed by atoms with Crippen LogP contribution < -0.4 is 15.5 Å². The molecule has 1 saturated heterocycles. The quantitative estimate of drug-likeness (QED) is 0.336. The molecule has 1 unspecified atom stereocenters. The molecule has 2 aromatic rings. The van der Waals surface area contributed by atoms with Gasteiger partial charge in [-0.1, -0.05) is 6.07 Å². The molecule has 5 nitrogen and oxygen atoms in total. The van der Waals surface area contributed by atoms with Gasteiger partial charge in [-0.15, -0.1) is 24.0 Å². The molecule has 1 atom stereocenters. The van der Waals surface area contributed by atoms with Crippen LogP contribution in [0, 0.1) is 17.6 Å². The lowest BCUT2D eigenvalue weighted by Gasteiger charge is -2.18. The third-order valence-electron chi connectivity index (χ3n) is 4.81. The summed E-state index contributed by atoms with van der Waals surface area (Å²) in [7, 11) is 0. The number of aromatic nitrogens is 1. The van der Waals surface area contributed by atoms with Crippen molar-refractivity contribution in [3.05, 3.63) is 59.9 Å². The Morgan fingerprint density at radius 3 is 2.79 bits per heavy atom. The molecule has 0 amide bonds. The van der Waals surface area contributed by atoms with Crippen molar-refractivity contribution in [3.8, 4) is 0 Å². The molecule has 0 saturated carbocycles. The molecular weight excluding hydrogens is 487 g/mol. The highest BCUT2D eigenvalue weighted by Crippen LogP contribution is 2.25. The minimum atomic E-state index is -0.809. The maximum absolute atomic E-state index is 13.5. The van der Waals surface area contributed by atoms with E-state index in [1.807, 2.05) is 25.1 Å². The predicted molar refractivity (Wildman–Crippen MR) is 124 cm³/mol. The Labute approximate surface area is 188 Å². The Hall–Kier alpha value is -1.97. The molecule has 3 rings (SSSR count). The van der Waals surface area contributed by atoms with Gasteiger partial charge in [0.05, 0.1) is 0 Å². The first-order valence-corrected chi connectivity index (χ1v) is 9.77. The summed E-state index contributed by atoms with van der Waals surface area (Å²) in [4.78, 5) is 11.1. The van der Waals surface area contributed by atoms with Crippen LogP contribution in [0.15, 0.2) is 47.6 Å². The fraction of sp³-hybridized carbons (Fsp3) is 0.429. The molecule has 158 valence electrons. The van der Waals surface area contributed by atoms with Crippen molar-refractivity contribution >= 4 is 35.6 Å². The van der Waals surface area contributed by atoms with Crippen molar-refractivity contribution in [2.45, 2.75) is 19.8 Å². The van der Waals surface area contributed by atoms with Crippen LogP contribution in [0.2, 0.25) is 0 Å². The van der Waals surface area contributed by atoms with Crippen molar-refractivity contribution in [2.24, 2.45) is 10.9 Å². The lowest BCUT2D eigenvalue weighted by atomic mass is 10.1. The summed E-state index contributed by atoms with van der Waals surface area (Å²) in [5, 5.41) is 6.61. The van der Waals surface area contributed by atoms with Crippen LogP contribution in [0.4, 0.5) is 14.5 Å². The van der Waals surface area contributed by atoms with Gasteiger partial charge < -0.3 is 15.5 Å². The molecule has 2 heterocycles. The normalized spacial score (nSPS) is 16.4. The smallest absolute Gasteiger partial charge is 0.191 e. The van der Waals surface area contributed by atoms with Gasteiger partial charge in [0.15, 0.2) is 17.6 Å². The Morgan fingerprint density at radius 1 is 1.21 bits per heavy atom. The van der Waals surface area contributed by atoms with E-state index in [1.165, 1.54) is 12.1 Å². The van der Waals surface area contributed by atoms with Crippen LogP contribution in [-0.4, -0.2) is 43.7 Å². The second-order valence-electron chi connectivity index (χ2n) is 6.92. The Balaban J connectivity index is 0.00000300. The number of hydrogen-bond acceptors (Lipinski definition) is 3. The van der Waals surface area contributed by atoms with Crippen LogP contribution in [-0.2, 0) is 6.42 Å². The summed E-state index contributed by atoms with van der Waals surface area (Å²) in [5.41, 5.74) is 1.77. The zero-order valence-corrected chi connectivity index (χ0v) is 18.9. The number of pyridine rings is 1. The molecule has 1 aromatic heterocycles. The molecule has 2 N–H and O–H groups in total. The number of halogens is 3. The van der Waals surface area contributed by atoms with Gasteiger partial charge in [0, 0.05) is 62.8 Å². The first-order valence-electron chi connectivity index (χ1n) is 9.77. The molecule has 1 fully saturated rings. The highest BCUT2D eigenvalue weighted by atomic mass is 127. The first-order chi connectivity index (χ1) is 13.7.